The van der Waals surface area contributed by atoms with Gasteiger partial charge in [-0.25, -0.2) is 15.6 Å². The van der Waals surface area contributed by atoms with Crippen molar-refractivity contribution in [1.82, 2.24) is 10.3 Å². The normalized spacial score (nSPS) is 23.9. The van der Waals surface area contributed by atoms with Crippen LogP contribution >= 0.6 is 0 Å². The van der Waals surface area contributed by atoms with Gasteiger partial charge in [0.25, 0.3) is 0 Å². The molecule has 1 radical (unpaired) electrons. The van der Waals surface area contributed by atoms with Crippen LogP contribution in [0.25, 0.3) is 0 Å². The highest BCUT2D eigenvalue weighted by Crippen LogP contribution is 2.24. The second kappa shape index (κ2) is 5.32. The summed E-state index contributed by atoms with van der Waals surface area (Å²) in [5.74, 6) is 6.92. The number of carboxylic acid groups (broad SMARTS) is 1. The standard InChI is InChI=1S/C10H20N3O2/c1-7(2)9(13(11)10(14)15)8-4-3-5-12-6-8/h8-9,12H,3-6,11H2,1-2H3,(H,14,15). The van der Waals surface area contributed by atoms with E-state index in [1.165, 1.54) is 0 Å². The van der Waals surface area contributed by atoms with Crippen LogP contribution in [-0.4, -0.2) is 35.3 Å². The third kappa shape index (κ3) is 3.07. The van der Waals surface area contributed by atoms with Gasteiger partial charge in [-0.1, -0.05) is 13.8 Å². The van der Waals surface area contributed by atoms with Crippen molar-refractivity contribution < 1.29 is 9.90 Å². The Morgan fingerprint density at radius 2 is 2.27 bits per heavy atom. The van der Waals surface area contributed by atoms with E-state index in [-0.39, 0.29) is 6.04 Å². The van der Waals surface area contributed by atoms with E-state index < -0.39 is 6.09 Å². The molecular weight excluding hydrogens is 194 g/mol. The Hall–Kier alpha value is -0.810. The van der Waals surface area contributed by atoms with Gasteiger partial charge in [0.1, 0.15) is 0 Å². The van der Waals surface area contributed by atoms with Gasteiger partial charge in [0.2, 0.25) is 0 Å². The van der Waals surface area contributed by atoms with Gasteiger partial charge in [-0.2, -0.15) is 0 Å². The Morgan fingerprint density at radius 1 is 1.60 bits per heavy atom. The van der Waals surface area contributed by atoms with Crippen LogP contribution < -0.4 is 11.2 Å². The number of rotatable bonds is 3. The van der Waals surface area contributed by atoms with Crippen LogP contribution in [0.1, 0.15) is 26.7 Å². The zero-order chi connectivity index (χ0) is 11.4. The highest BCUT2D eigenvalue weighted by atomic mass is 16.4. The molecule has 4 N–H and O–H groups in total. The Kier molecular flexibility index (Phi) is 4.35. The number of hydrazine groups is 1. The molecule has 1 fully saturated rings. The highest BCUT2D eigenvalue weighted by Gasteiger charge is 2.32. The van der Waals surface area contributed by atoms with Crippen LogP contribution in [0.5, 0.6) is 0 Å². The molecule has 0 saturated carbocycles. The fraction of sp³-hybridized carbons (Fsp3) is 0.800. The fourth-order valence-electron chi connectivity index (χ4n) is 2.24. The van der Waals surface area contributed by atoms with Crippen LogP contribution in [0.3, 0.4) is 0 Å². The lowest BCUT2D eigenvalue weighted by Gasteiger charge is -2.37. The molecule has 0 aromatic rings. The summed E-state index contributed by atoms with van der Waals surface area (Å²) in [6.45, 7) is 5.73. The van der Waals surface area contributed by atoms with Crippen LogP contribution in [-0.2, 0) is 0 Å². The van der Waals surface area contributed by atoms with Crippen LogP contribution in [0.2, 0.25) is 0 Å². The molecule has 0 aromatic heterocycles. The summed E-state index contributed by atoms with van der Waals surface area (Å²) in [5.41, 5.74) is 0. The summed E-state index contributed by atoms with van der Waals surface area (Å²) in [6.07, 6.45) is 1.05. The molecule has 1 heterocycles. The lowest BCUT2D eigenvalue weighted by molar-refractivity contribution is 0.102. The van der Waals surface area contributed by atoms with Gasteiger partial charge in [-0.3, -0.25) is 0 Å². The number of nitrogens with two attached hydrogens (primary N) is 1. The molecule has 1 amide bonds. The molecule has 0 aliphatic carbocycles. The van der Waals surface area contributed by atoms with Crippen molar-refractivity contribution in [3.8, 4) is 0 Å². The smallest absolute Gasteiger partial charge is 0.421 e. The summed E-state index contributed by atoms with van der Waals surface area (Å²) in [4.78, 5) is 10.9. The van der Waals surface area contributed by atoms with Gasteiger partial charge in [0.05, 0.1) is 6.04 Å². The quantitative estimate of drug-likeness (QED) is 0.369. The predicted molar refractivity (Wildman–Crippen MR) is 58.0 cm³/mol. The van der Waals surface area contributed by atoms with E-state index in [1.54, 1.807) is 0 Å². The molecule has 0 aromatic carbocycles. The minimum Gasteiger partial charge on any atom is -0.464 e. The molecule has 0 spiro atoms. The van der Waals surface area contributed by atoms with Crippen molar-refractivity contribution in [2.75, 3.05) is 13.1 Å². The van der Waals surface area contributed by atoms with Crippen LogP contribution in [0.4, 0.5) is 4.79 Å². The van der Waals surface area contributed by atoms with E-state index in [9.17, 15) is 4.79 Å². The first-order chi connectivity index (χ1) is 7.04. The third-order valence-corrected chi connectivity index (χ3v) is 2.89. The zero-order valence-electron chi connectivity index (χ0n) is 9.36. The first kappa shape index (κ1) is 12.3. The van der Waals surface area contributed by atoms with E-state index in [4.69, 9.17) is 10.9 Å². The largest absolute Gasteiger partial charge is 0.464 e. The van der Waals surface area contributed by atoms with E-state index in [2.05, 4.69) is 5.32 Å². The number of hydrogen-bond acceptors (Lipinski definition) is 3. The van der Waals surface area contributed by atoms with Gasteiger partial charge in [0.15, 0.2) is 0 Å². The van der Waals surface area contributed by atoms with Gasteiger partial charge in [-0.15, -0.1) is 0 Å². The van der Waals surface area contributed by atoms with Crippen LogP contribution in [0, 0.1) is 11.8 Å². The molecular formula is C10H20N3O2. The molecule has 2 unspecified atom stereocenters. The molecule has 1 aliphatic rings. The Balaban J connectivity index is 2.67. The molecule has 0 bridgehead atoms. The van der Waals surface area contributed by atoms with Crippen LogP contribution in [0.15, 0.2) is 0 Å². The topological polar surface area (TPSA) is 78.6 Å². The Labute approximate surface area is 90.6 Å². The average molecular weight is 214 g/mol. The molecule has 1 aliphatic heterocycles. The van der Waals surface area contributed by atoms with Crippen molar-refractivity contribution in [3.63, 3.8) is 0 Å². The Morgan fingerprint density at radius 3 is 2.67 bits per heavy atom. The van der Waals surface area contributed by atoms with Gasteiger partial charge in [-0.05, 0) is 31.2 Å². The van der Waals surface area contributed by atoms with Crippen molar-refractivity contribution in [2.24, 2.45) is 11.8 Å². The molecule has 87 valence electrons. The first-order valence-electron chi connectivity index (χ1n) is 5.31. The first-order valence-corrected chi connectivity index (χ1v) is 5.31. The average Bonchev–Trinajstić information content (AvgIpc) is 2.18. The Bertz CT molecular complexity index is 215. The van der Waals surface area contributed by atoms with Crippen molar-refractivity contribution in [2.45, 2.75) is 32.7 Å². The minimum absolute atomic E-state index is 0.171. The maximum atomic E-state index is 10.9. The summed E-state index contributed by atoms with van der Waals surface area (Å²) < 4.78 is 0. The lowest BCUT2D eigenvalue weighted by atomic mass is 9.85. The minimum atomic E-state index is -1.06. The molecule has 5 heteroatoms. The zero-order valence-corrected chi connectivity index (χ0v) is 9.36. The maximum absolute atomic E-state index is 10.9. The van der Waals surface area contributed by atoms with E-state index in [0.29, 0.717) is 5.92 Å². The van der Waals surface area contributed by atoms with Gasteiger partial charge in [0, 0.05) is 6.54 Å². The molecule has 5 nitrogen and oxygen atoms in total. The highest BCUT2D eigenvalue weighted by molar-refractivity contribution is 5.65. The number of piperidine rings is 1. The summed E-state index contributed by atoms with van der Waals surface area (Å²) >= 11 is 0. The molecule has 2 atom stereocenters. The van der Waals surface area contributed by atoms with Crippen molar-refractivity contribution >= 4 is 6.09 Å². The number of nitrogens with one attached hydrogen (secondary N) is 1. The van der Waals surface area contributed by atoms with E-state index >= 15 is 0 Å². The fourth-order valence-corrected chi connectivity index (χ4v) is 2.24. The van der Waals surface area contributed by atoms with E-state index in [1.807, 2.05) is 13.8 Å². The SMILES string of the molecule is C[C](C)C(C1CCCNC1)N(N)C(=O)O. The molecule has 15 heavy (non-hydrogen) atoms. The second-order valence-electron chi connectivity index (χ2n) is 4.32. The van der Waals surface area contributed by atoms with Gasteiger partial charge < -0.3 is 10.4 Å². The summed E-state index contributed by atoms with van der Waals surface area (Å²) in [5, 5.41) is 13.1. The van der Waals surface area contributed by atoms with Crippen molar-refractivity contribution in [3.05, 3.63) is 5.92 Å². The van der Waals surface area contributed by atoms with E-state index in [0.717, 1.165) is 36.9 Å². The molecule has 1 rings (SSSR count). The number of carbonyl (C=O) groups is 1. The number of hydrogen-bond donors (Lipinski definition) is 3. The summed E-state index contributed by atoms with van der Waals surface area (Å²) in [7, 11) is 0. The molecule has 1 saturated heterocycles. The summed E-state index contributed by atoms with van der Waals surface area (Å²) in [6, 6.07) is -0.171. The number of amides is 1. The monoisotopic (exact) mass is 214 g/mol. The third-order valence-electron chi connectivity index (χ3n) is 2.89. The maximum Gasteiger partial charge on any atom is 0.421 e. The predicted octanol–water partition coefficient (Wildman–Crippen LogP) is 0.823. The second-order valence-corrected chi connectivity index (χ2v) is 4.32. The van der Waals surface area contributed by atoms with Gasteiger partial charge >= 0.3 is 6.09 Å². The van der Waals surface area contributed by atoms with Crippen molar-refractivity contribution in [1.29, 1.82) is 0 Å². The lowest BCUT2D eigenvalue weighted by Crippen LogP contribution is -2.53. The number of nitrogens with zero attached hydrogens (tertiary/aromatic N) is 1.